The molecule has 0 atom stereocenters. The van der Waals surface area contributed by atoms with Gasteiger partial charge >= 0.3 is 0 Å². The van der Waals surface area contributed by atoms with Crippen LogP contribution in [0, 0.1) is 0 Å². The molecule has 0 heterocycles. The fourth-order valence-electron chi connectivity index (χ4n) is 0. The number of hydrogen-bond acceptors (Lipinski definition) is 3. The Bertz CT molecular complexity index is 35.9. The van der Waals surface area contributed by atoms with E-state index in [4.69, 9.17) is 13.3 Å². The Labute approximate surface area is 76.4 Å². The van der Waals surface area contributed by atoms with Crippen LogP contribution < -0.4 is 12.3 Å². The van der Waals surface area contributed by atoms with Crippen LogP contribution in [-0.2, 0) is 11.4 Å². The van der Waals surface area contributed by atoms with Gasteiger partial charge in [-0.1, -0.05) is 0 Å². The minimum Gasteiger partial charge on any atom is -0.784 e. The van der Waals surface area contributed by atoms with E-state index in [0.29, 0.717) is 0 Å². The molecule has 0 amide bonds. The van der Waals surface area contributed by atoms with Crippen molar-refractivity contribution in [2.24, 2.45) is 0 Å². The lowest BCUT2D eigenvalue weighted by atomic mass is 14.0. The Morgan fingerprint density at radius 3 is 0.615 bits per heavy atom. The zero-order chi connectivity index (χ0) is 3.58. The Morgan fingerprint density at radius 2 is 0.615 bits per heavy atom. The largest absolute Gasteiger partial charge is 0.784 e. The van der Waals surface area contributed by atoms with Gasteiger partial charge in [-0.15, -0.1) is 11.4 Å². The Balaban J connectivity index is -0.00000000125. The first kappa shape index (κ1) is 237. The summed E-state index contributed by atoms with van der Waals surface area (Å²) in [6, 6.07) is 0. The van der Waals surface area contributed by atoms with Gasteiger partial charge < -0.3 is 59.7 Å². The lowest BCUT2D eigenvalue weighted by molar-refractivity contribution is 0.419. The van der Waals surface area contributed by atoms with Crippen LogP contribution in [0.5, 0.6) is 0 Å². The molecule has 0 fully saturated rings. The lowest BCUT2D eigenvalue weighted by Crippen LogP contribution is -1.76. The second-order valence-electron chi connectivity index (χ2n) is 0.204. The van der Waals surface area contributed by atoms with Crippen LogP contribution in [0.2, 0.25) is 0 Å². The fourth-order valence-corrected chi connectivity index (χ4v) is 0. The van der Waals surface area contributed by atoms with E-state index < -0.39 is 11.4 Å². The lowest BCUT2D eigenvalue weighted by Gasteiger charge is -2.03. The maximum absolute atomic E-state index is 8.44. The summed E-state index contributed by atoms with van der Waals surface area (Å²) in [4.78, 5) is 0. The Kier molecular flexibility index (Phi) is 3340. The third-order valence-corrected chi connectivity index (χ3v) is 0. The van der Waals surface area contributed by atoms with Gasteiger partial charge in [-0.3, -0.25) is 4.21 Å². The molecule has 98 valence electrons. The van der Waals surface area contributed by atoms with Crippen LogP contribution in [0.25, 0.3) is 0 Å². The molecule has 0 aromatic rings. The van der Waals surface area contributed by atoms with Crippen molar-refractivity contribution in [3.63, 3.8) is 0 Å². The first-order chi connectivity index (χ1) is 1.73. The molecule has 0 unspecified atom stereocenters. The summed E-state index contributed by atoms with van der Waals surface area (Å²) in [6.07, 6.45) is 0. The summed E-state index contributed by atoms with van der Waals surface area (Å²) in [6.45, 7) is 0. The van der Waals surface area contributed by atoms with Crippen molar-refractivity contribution in [2.45, 2.75) is 0 Å². The van der Waals surface area contributed by atoms with Gasteiger partial charge in [0.1, 0.15) is 0 Å². The van der Waals surface area contributed by atoms with E-state index >= 15 is 0 Å². The van der Waals surface area contributed by atoms with Crippen LogP contribution >= 0.6 is 0 Å². The topological polar surface area (TPSA) is 357 Å². The predicted octanol–water partition coefficient (Wildman–Crippen LogP) is -6.02. The predicted molar refractivity (Wildman–Crippen MR) is 47.0 cm³/mol. The SMILES string of the molecule is O.O.O.O.O.O.O.O=S([O-])[O-].[NH4+].[NH4+]. The van der Waals surface area contributed by atoms with Gasteiger partial charge in [0.2, 0.25) is 0 Å². The van der Waals surface area contributed by atoms with Crippen LogP contribution in [-0.4, -0.2) is 51.6 Å². The zero-order valence-corrected chi connectivity index (χ0v) is 7.95. The molecule has 0 spiro atoms. The van der Waals surface area contributed by atoms with Crippen molar-refractivity contribution < 1.29 is 51.6 Å². The second-order valence-corrected chi connectivity index (χ2v) is 0.612. The molecule has 12 nitrogen and oxygen atoms in total. The van der Waals surface area contributed by atoms with Crippen molar-refractivity contribution in [2.75, 3.05) is 0 Å². The van der Waals surface area contributed by atoms with Gasteiger partial charge in [0.15, 0.2) is 0 Å². The third-order valence-electron chi connectivity index (χ3n) is 0. The maximum atomic E-state index is 8.44. The molecule has 13 heavy (non-hydrogen) atoms. The van der Waals surface area contributed by atoms with Gasteiger partial charge in [0.05, 0.1) is 0 Å². The summed E-state index contributed by atoms with van der Waals surface area (Å²) in [5.41, 5.74) is 0. The highest BCUT2D eigenvalue weighted by molar-refractivity contribution is 7.72. The highest BCUT2D eigenvalue weighted by atomic mass is 32.2. The highest BCUT2D eigenvalue weighted by Gasteiger charge is 1.20. The van der Waals surface area contributed by atoms with Crippen LogP contribution in [0.15, 0.2) is 0 Å². The smallest absolute Gasteiger partial charge is 0.142 e. The molecule has 0 aromatic carbocycles. The van der Waals surface area contributed by atoms with Gasteiger partial charge in [0, 0.05) is 0 Å². The number of hydrogen-bond donors (Lipinski definition) is 2. The molecule has 22 N–H and O–H groups in total. The van der Waals surface area contributed by atoms with Crippen LogP contribution in [0.3, 0.4) is 0 Å². The summed E-state index contributed by atoms with van der Waals surface area (Å²) < 4.78 is 25.3. The van der Waals surface area contributed by atoms with E-state index in [2.05, 4.69) is 0 Å². The van der Waals surface area contributed by atoms with E-state index in [9.17, 15) is 0 Å². The first-order valence-corrected chi connectivity index (χ1v) is 1.50. The van der Waals surface area contributed by atoms with Crippen molar-refractivity contribution in [1.29, 1.82) is 0 Å². The molecule has 13 heteroatoms. The maximum Gasteiger partial charge on any atom is -0.142 e. The molecule has 0 aromatic heterocycles. The van der Waals surface area contributed by atoms with E-state index in [-0.39, 0.29) is 50.6 Å². The van der Waals surface area contributed by atoms with Crippen molar-refractivity contribution in [3.05, 3.63) is 0 Å². The van der Waals surface area contributed by atoms with E-state index in [1.54, 1.807) is 0 Å². The fraction of sp³-hybridized carbons (Fsp3) is 0. The molecular formula is H22N2O10S. The van der Waals surface area contributed by atoms with Gasteiger partial charge in [0.25, 0.3) is 0 Å². The molecule has 0 bridgehead atoms. The van der Waals surface area contributed by atoms with Crippen molar-refractivity contribution in [1.82, 2.24) is 12.3 Å². The molecule has 0 aliphatic rings. The van der Waals surface area contributed by atoms with E-state index in [1.807, 2.05) is 0 Å². The Hall–Kier alpha value is -0.290. The molecule has 0 aliphatic heterocycles. The zero-order valence-electron chi connectivity index (χ0n) is 7.13. The van der Waals surface area contributed by atoms with Crippen molar-refractivity contribution in [3.8, 4) is 0 Å². The first-order valence-electron chi connectivity index (χ1n) is 0.500. The van der Waals surface area contributed by atoms with Gasteiger partial charge in [-0.25, -0.2) is 0 Å². The molecule has 0 rings (SSSR count). The molecule has 0 saturated heterocycles. The molecule has 0 radical (unpaired) electrons. The minimum atomic E-state index is -3.11. The minimum absolute atomic E-state index is 0. The van der Waals surface area contributed by atoms with E-state index in [1.165, 1.54) is 0 Å². The van der Waals surface area contributed by atoms with Gasteiger partial charge in [-0.05, 0) is 0 Å². The average Bonchev–Trinajstić information content (AvgIpc) is 0.811. The van der Waals surface area contributed by atoms with E-state index in [0.717, 1.165) is 0 Å². The molecular weight excluding hydrogens is 220 g/mol. The average molecular weight is 242 g/mol. The summed E-state index contributed by atoms with van der Waals surface area (Å²) in [5.74, 6) is 0. The number of quaternary nitrogens is 2. The normalized spacial score (nSPS) is 2.69. The monoisotopic (exact) mass is 242 g/mol. The van der Waals surface area contributed by atoms with Crippen LogP contribution in [0.1, 0.15) is 0 Å². The quantitative estimate of drug-likeness (QED) is 0.391. The molecule has 0 saturated carbocycles. The Morgan fingerprint density at radius 1 is 0.615 bits per heavy atom. The standard InChI is InChI=1S/2H3N.H2O3S.7H2O/c;;1-4(2)3;;;;;;;/h2*1H3;(H2,1,2,3);7*1H2. The third kappa shape index (κ3) is 13100. The highest BCUT2D eigenvalue weighted by Crippen LogP contribution is 1.42. The van der Waals surface area contributed by atoms with Crippen molar-refractivity contribution >= 4 is 11.4 Å². The van der Waals surface area contributed by atoms with Gasteiger partial charge in [-0.2, -0.15) is 0 Å². The summed E-state index contributed by atoms with van der Waals surface area (Å²) in [7, 11) is 0. The molecule has 0 aliphatic carbocycles. The second kappa shape index (κ2) is 183. The summed E-state index contributed by atoms with van der Waals surface area (Å²) in [5, 5.41) is 0. The summed E-state index contributed by atoms with van der Waals surface area (Å²) >= 11 is -3.11. The van der Waals surface area contributed by atoms with Crippen LogP contribution in [0.4, 0.5) is 0 Å². The number of rotatable bonds is 0.